The van der Waals surface area contributed by atoms with Gasteiger partial charge in [-0.1, -0.05) is 0 Å². The lowest BCUT2D eigenvalue weighted by atomic mass is 9.74. The predicted octanol–water partition coefficient (Wildman–Crippen LogP) is 3.19. The van der Waals surface area contributed by atoms with Crippen molar-refractivity contribution in [2.24, 2.45) is 11.3 Å². The predicted molar refractivity (Wildman–Crippen MR) is 78.7 cm³/mol. The molecule has 0 aromatic carbocycles. The molecule has 1 unspecified atom stereocenters. The molecule has 6 heteroatoms. The minimum Gasteiger partial charge on any atom is -0.229 e. The third-order valence-electron chi connectivity index (χ3n) is 3.77. The number of sulfone groups is 1. The fraction of sp³-hybridized carbons (Fsp3) is 0.667. The molecular formula is C12H16Cl2O2S2. The fourth-order valence-corrected chi connectivity index (χ4v) is 6.09. The quantitative estimate of drug-likeness (QED) is 0.779. The Bertz CT molecular complexity index is 478. The van der Waals surface area contributed by atoms with E-state index in [0.29, 0.717) is 18.2 Å². The standard InChI is InChI=1S/C12H16Cl2O2S2/c13-8-12(9-14,5-10-1-3-17-6-10)11-2-4-18(15,16)7-11/h1,3,6,11H,2,4-5,7-9H2. The minimum atomic E-state index is -2.89. The first-order valence-electron chi connectivity index (χ1n) is 5.85. The lowest BCUT2D eigenvalue weighted by molar-refractivity contribution is 0.245. The van der Waals surface area contributed by atoms with Crippen molar-refractivity contribution in [1.29, 1.82) is 0 Å². The molecule has 2 rings (SSSR count). The van der Waals surface area contributed by atoms with Gasteiger partial charge in [0.2, 0.25) is 0 Å². The van der Waals surface area contributed by atoms with E-state index in [1.165, 1.54) is 5.56 Å². The van der Waals surface area contributed by atoms with Gasteiger partial charge in [0.1, 0.15) is 0 Å². The normalized spacial score (nSPS) is 23.3. The summed E-state index contributed by atoms with van der Waals surface area (Å²) >= 11 is 13.9. The summed E-state index contributed by atoms with van der Waals surface area (Å²) in [4.78, 5) is 0. The van der Waals surface area contributed by atoms with Crippen LogP contribution < -0.4 is 0 Å². The van der Waals surface area contributed by atoms with E-state index in [-0.39, 0.29) is 22.8 Å². The largest absolute Gasteiger partial charge is 0.229 e. The molecule has 0 radical (unpaired) electrons. The van der Waals surface area contributed by atoms with Crippen LogP contribution in [0.15, 0.2) is 16.8 Å². The van der Waals surface area contributed by atoms with Crippen molar-refractivity contribution in [3.8, 4) is 0 Å². The van der Waals surface area contributed by atoms with Gasteiger partial charge in [-0.15, -0.1) is 23.2 Å². The Balaban J connectivity index is 2.21. The van der Waals surface area contributed by atoms with Crippen molar-refractivity contribution in [3.63, 3.8) is 0 Å². The van der Waals surface area contributed by atoms with Crippen molar-refractivity contribution in [1.82, 2.24) is 0 Å². The van der Waals surface area contributed by atoms with E-state index in [9.17, 15) is 8.42 Å². The molecule has 18 heavy (non-hydrogen) atoms. The van der Waals surface area contributed by atoms with Crippen molar-refractivity contribution < 1.29 is 8.42 Å². The Labute approximate surface area is 122 Å². The van der Waals surface area contributed by atoms with Crippen molar-refractivity contribution >= 4 is 44.4 Å². The summed E-state index contributed by atoms with van der Waals surface area (Å²) in [6, 6.07) is 2.06. The highest BCUT2D eigenvalue weighted by atomic mass is 35.5. The molecule has 1 aliphatic heterocycles. The Morgan fingerprint density at radius 3 is 2.56 bits per heavy atom. The summed E-state index contributed by atoms with van der Waals surface area (Å²) in [7, 11) is -2.89. The monoisotopic (exact) mass is 326 g/mol. The summed E-state index contributed by atoms with van der Waals surface area (Å²) in [5.41, 5.74) is 0.902. The number of rotatable bonds is 5. The molecule has 2 heterocycles. The third-order valence-corrected chi connectivity index (χ3v) is 7.33. The third kappa shape index (κ3) is 3.03. The Kier molecular flexibility index (Phi) is 4.63. The van der Waals surface area contributed by atoms with Crippen LogP contribution >= 0.6 is 34.5 Å². The molecule has 1 fully saturated rings. The van der Waals surface area contributed by atoms with Gasteiger partial charge in [-0.25, -0.2) is 8.42 Å². The second-order valence-corrected chi connectivity index (χ2v) is 8.58. The molecule has 0 saturated carbocycles. The van der Waals surface area contributed by atoms with Gasteiger partial charge in [-0.2, -0.15) is 11.3 Å². The van der Waals surface area contributed by atoms with Crippen LogP contribution in [0.1, 0.15) is 12.0 Å². The summed E-state index contributed by atoms with van der Waals surface area (Å²) < 4.78 is 23.3. The average Bonchev–Trinajstić information content (AvgIpc) is 2.95. The smallest absolute Gasteiger partial charge is 0.150 e. The Morgan fingerprint density at radius 2 is 2.11 bits per heavy atom. The summed E-state index contributed by atoms with van der Waals surface area (Å²) in [5.74, 6) is 1.41. The lowest BCUT2D eigenvalue weighted by Crippen LogP contribution is -2.37. The molecule has 1 atom stereocenters. The minimum absolute atomic E-state index is 0.0809. The van der Waals surface area contributed by atoms with Gasteiger partial charge in [-0.3, -0.25) is 0 Å². The first kappa shape index (κ1) is 14.6. The van der Waals surface area contributed by atoms with Gasteiger partial charge in [0, 0.05) is 17.2 Å². The van der Waals surface area contributed by atoms with Crippen LogP contribution in [-0.4, -0.2) is 31.7 Å². The zero-order valence-corrected chi connectivity index (χ0v) is 13.1. The maximum Gasteiger partial charge on any atom is 0.150 e. The number of thiophene rings is 1. The van der Waals surface area contributed by atoms with E-state index in [4.69, 9.17) is 23.2 Å². The maximum absolute atomic E-state index is 11.6. The van der Waals surface area contributed by atoms with E-state index in [0.717, 1.165) is 6.42 Å². The number of alkyl halides is 2. The average molecular weight is 327 g/mol. The van der Waals surface area contributed by atoms with Crippen molar-refractivity contribution in [2.75, 3.05) is 23.3 Å². The van der Waals surface area contributed by atoms with Gasteiger partial charge in [0.15, 0.2) is 9.84 Å². The second-order valence-electron chi connectivity index (χ2n) is 5.04. The van der Waals surface area contributed by atoms with E-state index >= 15 is 0 Å². The van der Waals surface area contributed by atoms with E-state index in [1.807, 2.05) is 5.38 Å². The Morgan fingerprint density at radius 1 is 1.39 bits per heavy atom. The van der Waals surface area contributed by atoms with Crippen LogP contribution in [0.25, 0.3) is 0 Å². The SMILES string of the molecule is O=S1(=O)CCC(C(CCl)(CCl)Cc2ccsc2)C1. The van der Waals surface area contributed by atoms with Crippen LogP contribution in [0.3, 0.4) is 0 Å². The van der Waals surface area contributed by atoms with E-state index in [1.54, 1.807) is 11.3 Å². The highest BCUT2D eigenvalue weighted by molar-refractivity contribution is 7.91. The van der Waals surface area contributed by atoms with Crippen molar-refractivity contribution in [3.05, 3.63) is 22.4 Å². The van der Waals surface area contributed by atoms with Crippen LogP contribution in [-0.2, 0) is 16.3 Å². The molecule has 1 aromatic heterocycles. The van der Waals surface area contributed by atoms with Crippen LogP contribution in [0.4, 0.5) is 0 Å². The molecule has 0 aliphatic carbocycles. The van der Waals surface area contributed by atoms with E-state index < -0.39 is 9.84 Å². The number of halogens is 2. The molecule has 1 saturated heterocycles. The van der Waals surface area contributed by atoms with Gasteiger partial charge < -0.3 is 0 Å². The van der Waals surface area contributed by atoms with Crippen molar-refractivity contribution in [2.45, 2.75) is 12.8 Å². The Hall–Kier alpha value is 0.230. The molecule has 0 N–H and O–H groups in total. The van der Waals surface area contributed by atoms with Crippen LogP contribution in [0.5, 0.6) is 0 Å². The highest BCUT2D eigenvalue weighted by Gasteiger charge is 2.43. The zero-order chi connectivity index (χ0) is 13.2. The van der Waals surface area contributed by atoms with Gasteiger partial charge in [0.25, 0.3) is 0 Å². The molecule has 1 aromatic rings. The lowest BCUT2D eigenvalue weighted by Gasteiger charge is -2.35. The fourth-order valence-electron chi connectivity index (χ4n) is 2.57. The van der Waals surface area contributed by atoms with Gasteiger partial charge >= 0.3 is 0 Å². The summed E-state index contributed by atoms with van der Waals surface area (Å²) in [6.07, 6.45) is 1.45. The summed E-state index contributed by atoms with van der Waals surface area (Å²) in [6.45, 7) is 0. The van der Waals surface area contributed by atoms with Gasteiger partial charge in [0.05, 0.1) is 11.5 Å². The molecule has 1 aliphatic rings. The molecular weight excluding hydrogens is 311 g/mol. The summed E-state index contributed by atoms with van der Waals surface area (Å²) in [5, 5.41) is 4.10. The molecule has 0 bridgehead atoms. The molecule has 0 spiro atoms. The number of hydrogen-bond acceptors (Lipinski definition) is 3. The first-order valence-corrected chi connectivity index (χ1v) is 9.68. The van der Waals surface area contributed by atoms with Crippen LogP contribution in [0.2, 0.25) is 0 Å². The highest BCUT2D eigenvalue weighted by Crippen LogP contribution is 2.41. The second kappa shape index (κ2) is 5.70. The maximum atomic E-state index is 11.6. The number of hydrogen-bond donors (Lipinski definition) is 0. The molecule has 2 nitrogen and oxygen atoms in total. The topological polar surface area (TPSA) is 34.1 Å². The first-order chi connectivity index (χ1) is 8.51. The van der Waals surface area contributed by atoms with E-state index in [2.05, 4.69) is 11.4 Å². The van der Waals surface area contributed by atoms with Crippen LogP contribution in [0, 0.1) is 11.3 Å². The van der Waals surface area contributed by atoms with Gasteiger partial charge in [-0.05, 0) is 41.1 Å². The zero-order valence-electron chi connectivity index (χ0n) is 9.94. The molecule has 0 amide bonds. The molecule has 102 valence electrons.